The number of rotatable bonds is 3. The van der Waals surface area contributed by atoms with Crippen molar-refractivity contribution < 1.29 is 8.78 Å². The molecule has 0 aromatic heterocycles. The van der Waals surface area contributed by atoms with Crippen molar-refractivity contribution in [3.8, 4) is 0 Å². The van der Waals surface area contributed by atoms with E-state index in [4.69, 9.17) is 0 Å². The first-order chi connectivity index (χ1) is 6.20. The Morgan fingerprint density at radius 2 is 2.23 bits per heavy atom. The van der Waals surface area contributed by atoms with Gasteiger partial charge in [0.1, 0.15) is 5.82 Å². The van der Waals surface area contributed by atoms with Crippen LogP contribution in [0.15, 0.2) is 24.8 Å². The summed E-state index contributed by atoms with van der Waals surface area (Å²) in [5.74, 6) is 0.162. The van der Waals surface area contributed by atoms with Gasteiger partial charge in [0.2, 0.25) is 0 Å². The summed E-state index contributed by atoms with van der Waals surface area (Å²) in [6, 6.07) is 4.60. The average molecular weight is 181 g/mol. The van der Waals surface area contributed by atoms with Gasteiger partial charge in [0, 0.05) is 11.5 Å². The Morgan fingerprint density at radius 1 is 1.54 bits per heavy atom. The average Bonchev–Trinajstić information content (AvgIpc) is 2.16. The van der Waals surface area contributed by atoms with E-state index in [-0.39, 0.29) is 5.82 Å². The normalized spacial score (nSPS) is 10.5. The Balaban J connectivity index is 3.19. The van der Waals surface area contributed by atoms with E-state index in [2.05, 4.69) is 6.58 Å². The minimum Gasteiger partial charge on any atom is -0.250 e. The van der Waals surface area contributed by atoms with Gasteiger partial charge in [0.25, 0.3) is 0 Å². The van der Waals surface area contributed by atoms with E-state index in [1.54, 1.807) is 19.1 Å². The smallest absolute Gasteiger partial charge is 0.130 e. The van der Waals surface area contributed by atoms with Crippen molar-refractivity contribution in [2.45, 2.75) is 6.92 Å². The Kier molecular flexibility index (Phi) is 3.18. The summed E-state index contributed by atoms with van der Waals surface area (Å²) in [4.78, 5) is 0. The Labute approximate surface area is 76.9 Å². The van der Waals surface area contributed by atoms with Crippen LogP contribution in [0, 0.1) is 11.7 Å². The van der Waals surface area contributed by atoms with Gasteiger partial charge in [-0.3, -0.25) is 4.39 Å². The Bertz CT molecular complexity index is 305. The summed E-state index contributed by atoms with van der Waals surface area (Å²) in [6.07, 6.45) is 1.41. The van der Waals surface area contributed by atoms with Gasteiger partial charge in [-0.25, -0.2) is 4.39 Å². The van der Waals surface area contributed by atoms with Crippen molar-refractivity contribution in [1.29, 1.82) is 0 Å². The van der Waals surface area contributed by atoms with Crippen molar-refractivity contribution in [2.75, 3.05) is 6.67 Å². The van der Waals surface area contributed by atoms with Crippen LogP contribution < -0.4 is 0 Å². The zero-order valence-electron chi connectivity index (χ0n) is 7.48. The van der Waals surface area contributed by atoms with Crippen molar-refractivity contribution in [3.63, 3.8) is 0 Å². The Hall–Kier alpha value is -1.18. The fourth-order valence-corrected chi connectivity index (χ4v) is 1.19. The predicted octanol–water partition coefficient (Wildman–Crippen LogP) is 3.38. The van der Waals surface area contributed by atoms with Gasteiger partial charge in [-0.05, 0) is 11.6 Å². The number of hydrogen-bond donors (Lipinski definition) is 0. The van der Waals surface area contributed by atoms with Crippen LogP contribution in [0.2, 0.25) is 0 Å². The fraction of sp³-hybridized carbons (Fsp3) is 0.182. The number of alkyl halides is 1. The highest BCUT2D eigenvalue weighted by Crippen LogP contribution is 2.22. The van der Waals surface area contributed by atoms with Crippen LogP contribution in [0.5, 0.6) is 0 Å². The quantitative estimate of drug-likeness (QED) is 0.670. The molecule has 0 aliphatic heterocycles. The zero-order valence-corrected chi connectivity index (χ0v) is 7.48. The fourth-order valence-electron chi connectivity index (χ4n) is 1.19. The van der Waals surface area contributed by atoms with E-state index in [9.17, 15) is 8.78 Å². The highest BCUT2D eigenvalue weighted by atomic mass is 19.1. The van der Waals surface area contributed by atoms with Crippen LogP contribution in [0.3, 0.4) is 0 Å². The van der Waals surface area contributed by atoms with Crippen LogP contribution >= 0.6 is 0 Å². The third kappa shape index (κ3) is 1.94. The lowest BCUT2D eigenvalue weighted by Gasteiger charge is -2.10. The van der Waals surface area contributed by atoms with Gasteiger partial charge in [-0.1, -0.05) is 31.7 Å². The minimum atomic E-state index is -0.565. The van der Waals surface area contributed by atoms with E-state index in [1.807, 2.05) is 0 Å². The SMILES string of the molecule is C=Cc1c(F)cccc1[C](C)CF. The van der Waals surface area contributed by atoms with E-state index in [0.717, 1.165) is 0 Å². The van der Waals surface area contributed by atoms with Gasteiger partial charge in [0.15, 0.2) is 0 Å². The first kappa shape index (κ1) is 9.90. The molecule has 1 aromatic rings. The highest BCUT2D eigenvalue weighted by molar-refractivity contribution is 5.56. The third-order valence-electron chi connectivity index (χ3n) is 1.92. The first-order valence-corrected chi connectivity index (χ1v) is 4.00. The summed E-state index contributed by atoms with van der Waals surface area (Å²) in [6.45, 7) is 4.57. The molecule has 0 unspecified atom stereocenters. The largest absolute Gasteiger partial charge is 0.250 e. The molecule has 0 saturated carbocycles. The van der Waals surface area contributed by atoms with Crippen molar-refractivity contribution in [1.82, 2.24) is 0 Å². The number of benzene rings is 1. The molecule has 0 bridgehead atoms. The highest BCUT2D eigenvalue weighted by Gasteiger charge is 2.11. The van der Waals surface area contributed by atoms with Crippen LogP contribution in [0.25, 0.3) is 6.08 Å². The van der Waals surface area contributed by atoms with E-state index in [0.29, 0.717) is 17.0 Å². The molecule has 69 valence electrons. The number of hydrogen-bond acceptors (Lipinski definition) is 0. The van der Waals surface area contributed by atoms with Gasteiger partial charge >= 0.3 is 0 Å². The van der Waals surface area contributed by atoms with Crippen molar-refractivity contribution in [2.24, 2.45) is 0 Å². The first-order valence-electron chi connectivity index (χ1n) is 4.00. The maximum atomic E-state index is 13.1. The molecule has 0 aliphatic carbocycles. The predicted molar refractivity (Wildman–Crippen MR) is 50.5 cm³/mol. The second kappa shape index (κ2) is 4.17. The van der Waals surface area contributed by atoms with Gasteiger partial charge < -0.3 is 0 Å². The number of halogens is 2. The molecule has 0 saturated heterocycles. The zero-order chi connectivity index (χ0) is 9.84. The molecule has 0 spiro atoms. The standard InChI is InChI=1S/C11H11F2/c1-3-9-10(8(2)7-12)5-4-6-11(9)13/h3-6H,1,7H2,2H3. The van der Waals surface area contributed by atoms with Crippen LogP contribution in [0.4, 0.5) is 8.78 Å². The molecular weight excluding hydrogens is 170 g/mol. The molecule has 0 fully saturated rings. The van der Waals surface area contributed by atoms with Crippen molar-refractivity contribution >= 4 is 6.08 Å². The summed E-state index contributed by atoms with van der Waals surface area (Å²) in [5.41, 5.74) is 0.968. The maximum Gasteiger partial charge on any atom is 0.130 e. The molecule has 13 heavy (non-hydrogen) atoms. The molecule has 2 heteroatoms. The molecule has 1 radical (unpaired) electrons. The molecule has 1 aromatic carbocycles. The molecule has 1 rings (SSSR count). The second-order valence-corrected chi connectivity index (χ2v) is 2.82. The topological polar surface area (TPSA) is 0 Å². The molecule has 0 nitrogen and oxygen atoms in total. The second-order valence-electron chi connectivity index (χ2n) is 2.82. The molecule has 0 heterocycles. The third-order valence-corrected chi connectivity index (χ3v) is 1.92. The van der Waals surface area contributed by atoms with E-state index < -0.39 is 6.67 Å². The summed E-state index contributed by atoms with van der Waals surface area (Å²) in [5, 5.41) is 0. The van der Waals surface area contributed by atoms with Gasteiger partial charge in [-0.15, -0.1) is 0 Å². The molecule has 0 atom stereocenters. The van der Waals surface area contributed by atoms with E-state index >= 15 is 0 Å². The summed E-state index contributed by atoms with van der Waals surface area (Å²) >= 11 is 0. The summed E-state index contributed by atoms with van der Waals surface area (Å²) < 4.78 is 25.5. The monoisotopic (exact) mass is 181 g/mol. The van der Waals surface area contributed by atoms with Crippen LogP contribution in [0.1, 0.15) is 18.1 Å². The molecule has 0 amide bonds. The molecule has 0 N–H and O–H groups in total. The van der Waals surface area contributed by atoms with Crippen molar-refractivity contribution in [3.05, 3.63) is 47.6 Å². The lowest BCUT2D eigenvalue weighted by atomic mass is 9.96. The van der Waals surface area contributed by atoms with E-state index in [1.165, 1.54) is 12.1 Å². The molecular formula is C11H11F2. The molecule has 0 aliphatic rings. The van der Waals surface area contributed by atoms with Gasteiger partial charge in [-0.2, -0.15) is 0 Å². The van der Waals surface area contributed by atoms with Crippen LogP contribution in [-0.4, -0.2) is 6.67 Å². The lowest BCUT2D eigenvalue weighted by molar-refractivity contribution is 0.515. The summed E-state index contributed by atoms with van der Waals surface area (Å²) in [7, 11) is 0. The lowest BCUT2D eigenvalue weighted by Crippen LogP contribution is -2.01. The minimum absolute atomic E-state index is 0.361. The van der Waals surface area contributed by atoms with Crippen LogP contribution in [-0.2, 0) is 0 Å². The van der Waals surface area contributed by atoms with Gasteiger partial charge in [0.05, 0.1) is 6.67 Å². The maximum absolute atomic E-state index is 13.1. The Morgan fingerprint density at radius 3 is 2.77 bits per heavy atom.